The zero-order valence-corrected chi connectivity index (χ0v) is 12.5. The Labute approximate surface area is 121 Å². The summed E-state index contributed by atoms with van der Waals surface area (Å²) >= 11 is 1.26. The van der Waals surface area contributed by atoms with Crippen LogP contribution >= 0.6 is 11.3 Å². The highest BCUT2D eigenvalue weighted by atomic mass is 32.1. The molecule has 2 heterocycles. The molecule has 0 fully saturated rings. The Morgan fingerprint density at radius 3 is 2.90 bits per heavy atom. The summed E-state index contributed by atoms with van der Waals surface area (Å²) in [5, 5.41) is 13.0. The molecule has 2 N–H and O–H groups in total. The lowest BCUT2D eigenvalue weighted by Gasteiger charge is -2.32. The molecule has 1 atom stereocenters. The first-order valence-electron chi connectivity index (χ1n) is 6.39. The molecule has 0 saturated carbocycles. The highest BCUT2D eigenvalue weighted by Gasteiger charge is 2.30. The van der Waals surface area contributed by atoms with Crippen molar-refractivity contribution < 1.29 is 14.3 Å². The predicted octanol–water partition coefficient (Wildman–Crippen LogP) is 2.54. The maximum absolute atomic E-state index is 12.2. The summed E-state index contributed by atoms with van der Waals surface area (Å²) in [5.74, 6) is 0.530. The fourth-order valence-electron chi connectivity index (χ4n) is 1.58. The predicted molar refractivity (Wildman–Crippen MR) is 77.6 cm³/mol. The highest BCUT2D eigenvalue weighted by molar-refractivity contribution is 7.16. The normalized spacial score (nSPS) is 14.2. The lowest BCUT2D eigenvalue weighted by Crippen LogP contribution is -2.52. The van der Waals surface area contributed by atoms with E-state index >= 15 is 0 Å². The second-order valence-corrected chi connectivity index (χ2v) is 6.22. The van der Waals surface area contributed by atoms with Crippen molar-refractivity contribution in [2.75, 3.05) is 6.61 Å². The van der Waals surface area contributed by atoms with Gasteiger partial charge in [0, 0.05) is 0 Å². The third kappa shape index (κ3) is 2.91. The van der Waals surface area contributed by atoms with E-state index in [1.54, 1.807) is 18.4 Å². The zero-order valence-electron chi connectivity index (χ0n) is 11.7. The zero-order chi connectivity index (χ0) is 14.8. The van der Waals surface area contributed by atoms with Crippen LogP contribution in [0.15, 0.2) is 29.0 Å². The number of aromatic nitrogens is 1. The van der Waals surface area contributed by atoms with Crippen molar-refractivity contribution in [1.82, 2.24) is 10.3 Å². The minimum Gasteiger partial charge on any atom is -0.462 e. The van der Waals surface area contributed by atoms with Gasteiger partial charge in [0.25, 0.3) is 5.91 Å². The van der Waals surface area contributed by atoms with E-state index in [0.717, 1.165) is 0 Å². The van der Waals surface area contributed by atoms with E-state index in [2.05, 4.69) is 10.3 Å². The fourth-order valence-corrected chi connectivity index (χ4v) is 2.36. The summed E-state index contributed by atoms with van der Waals surface area (Å²) in [6, 6.07) is 3.57. The first-order chi connectivity index (χ1) is 9.46. The number of rotatable bonds is 5. The molecule has 0 unspecified atom stereocenters. The smallest absolute Gasteiger partial charge is 0.263 e. The Balaban J connectivity index is 2.14. The monoisotopic (exact) mass is 294 g/mol. The van der Waals surface area contributed by atoms with Gasteiger partial charge in [-0.05, 0) is 25.0 Å². The van der Waals surface area contributed by atoms with Crippen molar-refractivity contribution in [1.29, 1.82) is 0 Å². The Bertz CT molecular complexity index is 577. The molecule has 2 rings (SSSR count). The Morgan fingerprint density at radius 2 is 2.35 bits per heavy atom. The van der Waals surface area contributed by atoms with Crippen molar-refractivity contribution in [2.45, 2.75) is 26.3 Å². The standard InChI is InChI=1S/C14H18N2O3S/c1-9(2)14(3,8-17)16-12(18)11-7-15-13(20-11)10-5-4-6-19-10/h4-7,9,17H,8H2,1-3H3,(H,16,18)/t14-/m1/s1. The number of nitrogens with one attached hydrogen (secondary N) is 1. The number of furan rings is 1. The van der Waals surface area contributed by atoms with Gasteiger partial charge in [0.2, 0.25) is 0 Å². The summed E-state index contributed by atoms with van der Waals surface area (Å²) in [6.07, 6.45) is 3.09. The molecular formula is C14H18N2O3S. The number of carbonyl (C=O) groups is 1. The van der Waals surface area contributed by atoms with Gasteiger partial charge in [0.05, 0.1) is 24.6 Å². The topological polar surface area (TPSA) is 75.4 Å². The van der Waals surface area contributed by atoms with Crippen molar-refractivity contribution >= 4 is 17.2 Å². The van der Waals surface area contributed by atoms with Gasteiger partial charge in [0.1, 0.15) is 4.88 Å². The first-order valence-corrected chi connectivity index (χ1v) is 7.21. The molecule has 6 heteroatoms. The van der Waals surface area contributed by atoms with Crippen molar-refractivity contribution in [3.8, 4) is 10.8 Å². The first kappa shape index (κ1) is 14.7. The lowest BCUT2D eigenvalue weighted by molar-refractivity contribution is 0.0788. The van der Waals surface area contributed by atoms with Gasteiger partial charge in [-0.3, -0.25) is 4.79 Å². The van der Waals surface area contributed by atoms with Crippen molar-refractivity contribution in [3.63, 3.8) is 0 Å². The highest BCUT2D eigenvalue weighted by Crippen LogP contribution is 2.26. The maximum Gasteiger partial charge on any atom is 0.263 e. The average Bonchev–Trinajstić information content (AvgIpc) is 3.08. The summed E-state index contributed by atoms with van der Waals surface area (Å²) in [6.45, 7) is 5.62. The molecule has 0 saturated heterocycles. The van der Waals surface area contributed by atoms with Gasteiger partial charge < -0.3 is 14.8 Å². The van der Waals surface area contributed by atoms with Gasteiger partial charge in [-0.1, -0.05) is 13.8 Å². The van der Waals surface area contributed by atoms with Crippen molar-refractivity contribution in [3.05, 3.63) is 29.5 Å². The Morgan fingerprint density at radius 1 is 1.60 bits per heavy atom. The second-order valence-electron chi connectivity index (χ2n) is 5.19. The fraction of sp³-hybridized carbons (Fsp3) is 0.429. The Kier molecular flexibility index (Phi) is 4.25. The quantitative estimate of drug-likeness (QED) is 0.888. The molecule has 0 aliphatic heterocycles. The van der Waals surface area contributed by atoms with Crippen LogP contribution in [0.25, 0.3) is 10.8 Å². The van der Waals surface area contributed by atoms with E-state index in [1.165, 1.54) is 17.5 Å². The summed E-state index contributed by atoms with van der Waals surface area (Å²) in [7, 11) is 0. The largest absolute Gasteiger partial charge is 0.462 e. The minimum absolute atomic E-state index is 0.111. The van der Waals surface area contributed by atoms with Crippen LogP contribution in [0.4, 0.5) is 0 Å². The average molecular weight is 294 g/mol. The third-order valence-electron chi connectivity index (χ3n) is 3.46. The Hall–Kier alpha value is -1.66. The van der Waals surface area contributed by atoms with Crippen LogP contribution in [0.3, 0.4) is 0 Å². The molecule has 0 spiro atoms. The number of aliphatic hydroxyl groups excluding tert-OH is 1. The minimum atomic E-state index is -0.647. The van der Waals surface area contributed by atoms with Gasteiger partial charge in [-0.25, -0.2) is 4.98 Å². The number of nitrogens with zero attached hydrogens (tertiary/aromatic N) is 1. The van der Waals surface area contributed by atoms with E-state index in [9.17, 15) is 9.90 Å². The summed E-state index contributed by atoms with van der Waals surface area (Å²) in [5.41, 5.74) is -0.647. The van der Waals surface area contributed by atoms with Gasteiger partial charge >= 0.3 is 0 Å². The van der Waals surface area contributed by atoms with Crippen LogP contribution in [-0.2, 0) is 0 Å². The molecule has 0 bridgehead atoms. The maximum atomic E-state index is 12.2. The number of aliphatic hydroxyl groups is 1. The molecule has 20 heavy (non-hydrogen) atoms. The molecule has 2 aromatic rings. The molecule has 0 radical (unpaired) electrons. The molecule has 2 aromatic heterocycles. The number of amides is 1. The molecule has 0 aliphatic rings. The van der Waals surface area contributed by atoms with E-state index in [4.69, 9.17) is 4.42 Å². The number of hydrogen-bond donors (Lipinski definition) is 2. The third-order valence-corrected chi connectivity index (χ3v) is 4.47. The van der Waals surface area contributed by atoms with Crippen LogP contribution in [0.1, 0.15) is 30.4 Å². The molecule has 0 aromatic carbocycles. The van der Waals surface area contributed by atoms with Crippen LogP contribution < -0.4 is 5.32 Å². The van der Waals surface area contributed by atoms with Gasteiger partial charge in [0.15, 0.2) is 10.8 Å². The SMILES string of the molecule is CC(C)[C@@](C)(CO)NC(=O)c1cnc(-c2ccco2)s1. The number of thiazole rings is 1. The van der Waals surface area contributed by atoms with E-state index in [1.807, 2.05) is 20.8 Å². The molecule has 5 nitrogen and oxygen atoms in total. The van der Waals surface area contributed by atoms with E-state index in [-0.39, 0.29) is 18.4 Å². The molecule has 0 aliphatic carbocycles. The second kappa shape index (κ2) is 5.76. The van der Waals surface area contributed by atoms with Crippen molar-refractivity contribution in [2.24, 2.45) is 5.92 Å². The number of carbonyl (C=O) groups excluding carboxylic acids is 1. The van der Waals surface area contributed by atoms with Crippen LogP contribution in [0.5, 0.6) is 0 Å². The molecule has 1 amide bonds. The number of hydrogen-bond acceptors (Lipinski definition) is 5. The molecular weight excluding hydrogens is 276 g/mol. The van der Waals surface area contributed by atoms with Crippen LogP contribution in [0.2, 0.25) is 0 Å². The van der Waals surface area contributed by atoms with Gasteiger partial charge in [-0.15, -0.1) is 11.3 Å². The molecule has 108 valence electrons. The van der Waals surface area contributed by atoms with Gasteiger partial charge in [-0.2, -0.15) is 0 Å². The summed E-state index contributed by atoms with van der Waals surface area (Å²) in [4.78, 5) is 16.9. The lowest BCUT2D eigenvalue weighted by atomic mass is 9.89. The van der Waals surface area contributed by atoms with E-state index in [0.29, 0.717) is 15.6 Å². The summed E-state index contributed by atoms with van der Waals surface area (Å²) < 4.78 is 5.25. The van der Waals surface area contributed by atoms with E-state index < -0.39 is 5.54 Å². The van der Waals surface area contributed by atoms with Crippen LogP contribution in [0, 0.1) is 5.92 Å². The van der Waals surface area contributed by atoms with Crippen LogP contribution in [-0.4, -0.2) is 28.1 Å².